The number of carbonyl (C=O) groups excluding carboxylic acids is 1. The van der Waals surface area contributed by atoms with Crippen LogP contribution in [0.15, 0.2) is 60.4 Å². The van der Waals surface area contributed by atoms with Gasteiger partial charge in [-0.2, -0.15) is 0 Å². The second-order valence-corrected chi connectivity index (χ2v) is 8.29. The van der Waals surface area contributed by atoms with E-state index in [-0.39, 0.29) is 28.8 Å². The van der Waals surface area contributed by atoms with Crippen LogP contribution >= 0.6 is 0 Å². The number of hydrogen-bond acceptors (Lipinski definition) is 11. The first-order chi connectivity index (χ1) is 18.2. The van der Waals surface area contributed by atoms with E-state index in [2.05, 4.69) is 0 Å². The Bertz CT molecular complexity index is 1200. The molecule has 1 fully saturated rings. The number of benzene rings is 2. The van der Waals surface area contributed by atoms with Crippen LogP contribution in [-0.4, -0.2) is 88.0 Å². The molecule has 0 unspecified atom stereocenters. The lowest BCUT2D eigenvalue weighted by molar-refractivity contribution is -0.277. The maximum atomic E-state index is 12.2. The molecule has 0 saturated carbocycles. The standard InChI is InChI=1S/C27H30O11/c1-35-21-11-15(5-9-19(21)31)3-7-17(29)13-18(30)8-4-16-6-10-20(22(12-16)36-2)37-27-26(34)25(33)24(32)23(14-28)38-27/h3-13,23-28,30-34H,14H2,1-2H3/b7-3+,8-4+,18-13-/t23-,24-,25+,26-,27-/m1/s1. The number of ether oxygens (including phenoxy) is 4. The summed E-state index contributed by atoms with van der Waals surface area (Å²) in [4.78, 5) is 12.2. The Morgan fingerprint density at radius 2 is 1.53 bits per heavy atom. The van der Waals surface area contributed by atoms with Gasteiger partial charge in [0.1, 0.15) is 30.2 Å². The third-order valence-corrected chi connectivity index (χ3v) is 5.66. The van der Waals surface area contributed by atoms with Gasteiger partial charge in [-0.3, -0.25) is 4.79 Å². The summed E-state index contributed by atoms with van der Waals surface area (Å²) in [6, 6.07) is 9.26. The number of aliphatic hydroxyl groups is 5. The van der Waals surface area contributed by atoms with Crippen molar-refractivity contribution in [1.29, 1.82) is 0 Å². The average Bonchev–Trinajstić information content (AvgIpc) is 2.92. The highest BCUT2D eigenvalue weighted by atomic mass is 16.7. The first-order valence-electron chi connectivity index (χ1n) is 11.5. The molecule has 0 radical (unpaired) electrons. The molecule has 2 aromatic carbocycles. The van der Waals surface area contributed by atoms with Gasteiger partial charge in [0.2, 0.25) is 6.29 Å². The minimum absolute atomic E-state index is 0.0243. The molecule has 204 valence electrons. The van der Waals surface area contributed by atoms with Crippen LogP contribution in [0.2, 0.25) is 0 Å². The van der Waals surface area contributed by atoms with Gasteiger partial charge < -0.3 is 49.6 Å². The number of phenols is 1. The molecule has 0 aromatic heterocycles. The van der Waals surface area contributed by atoms with Gasteiger partial charge in [-0.1, -0.05) is 24.3 Å². The van der Waals surface area contributed by atoms with E-state index >= 15 is 0 Å². The third kappa shape index (κ3) is 7.12. The number of allylic oxidation sites excluding steroid dienone is 3. The largest absolute Gasteiger partial charge is 0.508 e. The van der Waals surface area contributed by atoms with Crippen LogP contribution in [-0.2, 0) is 9.53 Å². The predicted octanol–water partition coefficient (Wildman–Crippen LogP) is 1.33. The third-order valence-electron chi connectivity index (χ3n) is 5.66. The highest BCUT2D eigenvalue weighted by Gasteiger charge is 2.44. The Kier molecular flexibility index (Phi) is 9.88. The summed E-state index contributed by atoms with van der Waals surface area (Å²) in [5.74, 6) is -0.149. The molecule has 0 amide bonds. The Labute approximate surface area is 218 Å². The molecule has 0 aliphatic carbocycles. The number of aromatic hydroxyl groups is 1. The van der Waals surface area contributed by atoms with Gasteiger partial charge in [0.15, 0.2) is 28.8 Å². The second-order valence-electron chi connectivity index (χ2n) is 8.29. The SMILES string of the molecule is COc1cc(/C=C/C(=O)/C=C(O)/C=C/c2ccc(O[C@@H]3O[C@H](CO)[C@@H](O)[C@H](O)[C@H]3O)c(OC)c2)ccc1O. The summed E-state index contributed by atoms with van der Waals surface area (Å²) in [5.41, 5.74) is 1.19. The number of aliphatic hydroxyl groups excluding tert-OH is 5. The molecule has 2 aromatic rings. The van der Waals surface area contributed by atoms with E-state index in [0.717, 1.165) is 6.08 Å². The molecule has 11 nitrogen and oxygen atoms in total. The van der Waals surface area contributed by atoms with E-state index in [1.54, 1.807) is 24.3 Å². The van der Waals surface area contributed by atoms with Gasteiger partial charge in [0, 0.05) is 6.08 Å². The number of ketones is 1. The van der Waals surface area contributed by atoms with Crippen LogP contribution in [0, 0.1) is 0 Å². The van der Waals surface area contributed by atoms with E-state index in [1.165, 1.54) is 50.7 Å². The number of rotatable bonds is 10. The van der Waals surface area contributed by atoms with Gasteiger partial charge in [0.25, 0.3) is 0 Å². The summed E-state index contributed by atoms with van der Waals surface area (Å²) in [6.07, 6.45) is -0.562. The normalized spacial score (nSPS) is 24.1. The van der Waals surface area contributed by atoms with E-state index in [4.69, 9.17) is 18.9 Å². The lowest BCUT2D eigenvalue weighted by Gasteiger charge is -2.39. The molecule has 1 aliphatic rings. The second kappa shape index (κ2) is 13.1. The number of phenolic OH excluding ortho intramolecular Hbond substituents is 1. The summed E-state index contributed by atoms with van der Waals surface area (Å²) in [7, 11) is 2.80. The van der Waals surface area contributed by atoms with Crippen LogP contribution in [0.4, 0.5) is 0 Å². The number of methoxy groups -OCH3 is 2. The van der Waals surface area contributed by atoms with Gasteiger partial charge in [-0.15, -0.1) is 0 Å². The van der Waals surface area contributed by atoms with Crippen LogP contribution in [0.25, 0.3) is 12.2 Å². The minimum Gasteiger partial charge on any atom is -0.508 e. The summed E-state index contributed by atoms with van der Waals surface area (Å²) in [5, 5.41) is 59.1. The van der Waals surface area contributed by atoms with Crippen molar-refractivity contribution in [2.75, 3.05) is 20.8 Å². The molecule has 0 bridgehead atoms. The van der Waals surface area contributed by atoms with Crippen molar-refractivity contribution in [3.8, 4) is 23.0 Å². The van der Waals surface area contributed by atoms with Crippen LogP contribution < -0.4 is 14.2 Å². The molecule has 6 N–H and O–H groups in total. The first kappa shape index (κ1) is 28.7. The van der Waals surface area contributed by atoms with Gasteiger partial charge in [-0.25, -0.2) is 0 Å². The van der Waals surface area contributed by atoms with E-state index in [9.17, 15) is 35.4 Å². The monoisotopic (exact) mass is 530 g/mol. The lowest BCUT2D eigenvalue weighted by atomic mass is 9.99. The maximum Gasteiger partial charge on any atom is 0.229 e. The average molecular weight is 531 g/mol. The van der Waals surface area contributed by atoms with Crippen molar-refractivity contribution in [1.82, 2.24) is 0 Å². The Morgan fingerprint density at radius 1 is 0.895 bits per heavy atom. The first-order valence-corrected chi connectivity index (χ1v) is 11.5. The summed E-state index contributed by atoms with van der Waals surface area (Å²) < 4.78 is 21.3. The zero-order chi connectivity index (χ0) is 27.8. The van der Waals surface area contributed by atoms with Crippen molar-refractivity contribution < 1.29 is 54.4 Å². The van der Waals surface area contributed by atoms with Crippen molar-refractivity contribution >= 4 is 17.9 Å². The van der Waals surface area contributed by atoms with E-state index < -0.39 is 43.1 Å². The summed E-state index contributed by atoms with van der Waals surface area (Å²) >= 11 is 0. The summed E-state index contributed by atoms with van der Waals surface area (Å²) in [6.45, 7) is -0.591. The predicted molar refractivity (Wildman–Crippen MR) is 136 cm³/mol. The molecule has 0 spiro atoms. The lowest BCUT2D eigenvalue weighted by Crippen LogP contribution is -2.60. The fourth-order valence-electron chi connectivity index (χ4n) is 3.57. The van der Waals surface area contributed by atoms with Crippen LogP contribution in [0.1, 0.15) is 11.1 Å². The van der Waals surface area contributed by atoms with Crippen molar-refractivity contribution in [3.05, 3.63) is 71.5 Å². The molecule has 38 heavy (non-hydrogen) atoms. The topological polar surface area (TPSA) is 175 Å². The molecule has 1 heterocycles. The smallest absolute Gasteiger partial charge is 0.229 e. The minimum atomic E-state index is -1.59. The zero-order valence-electron chi connectivity index (χ0n) is 20.7. The van der Waals surface area contributed by atoms with E-state index in [1.807, 2.05) is 0 Å². The van der Waals surface area contributed by atoms with Crippen molar-refractivity contribution in [2.45, 2.75) is 30.7 Å². The fraction of sp³-hybridized carbons (Fsp3) is 0.296. The zero-order valence-corrected chi connectivity index (χ0v) is 20.7. The molecule has 3 rings (SSSR count). The van der Waals surface area contributed by atoms with E-state index in [0.29, 0.717) is 11.1 Å². The fourth-order valence-corrected chi connectivity index (χ4v) is 3.57. The van der Waals surface area contributed by atoms with Gasteiger partial charge in [0.05, 0.1) is 20.8 Å². The Hall–Kier alpha value is -3.87. The van der Waals surface area contributed by atoms with Crippen molar-refractivity contribution in [2.24, 2.45) is 0 Å². The molecular weight excluding hydrogens is 500 g/mol. The Balaban J connectivity index is 1.66. The molecule has 5 atom stereocenters. The maximum absolute atomic E-state index is 12.2. The number of carbonyl (C=O) groups is 1. The van der Waals surface area contributed by atoms with Gasteiger partial charge >= 0.3 is 0 Å². The quantitative estimate of drug-likeness (QED) is 0.148. The number of hydrogen-bond donors (Lipinski definition) is 6. The highest BCUT2D eigenvalue weighted by molar-refractivity contribution is 6.02. The van der Waals surface area contributed by atoms with Crippen molar-refractivity contribution in [3.63, 3.8) is 0 Å². The van der Waals surface area contributed by atoms with Crippen LogP contribution in [0.5, 0.6) is 23.0 Å². The molecule has 1 aliphatic heterocycles. The molecule has 11 heteroatoms. The van der Waals surface area contributed by atoms with Crippen LogP contribution in [0.3, 0.4) is 0 Å². The molecule has 1 saturated heterocycles. The molecular formula is C27H30O11. The van der Waals surface area contributed by atoms with Gasteiger partial charge in [-0.05, 0) is 47.5 Å². The highest BCUT2D eigenvalue weighted by Crippen LogP contribution is 2.32. The Morgan fingerprint density at radius 3 is 2.18 bits per heavy atom.